The predicted octanol–water partition coefficient (Wildman–Crippen LogP) is 2.62. The number of methoxy groups -OCH3 is 1. The fourth-order valence-corrected chi connectivity index (χ4v) is 5.38. The van der Waals surface area contributed by atoms with Crippen molar-refractivity contribution in [3.63, 3.8) is 0 Å². The molecule has 0 unspecified atom stereocenters. The third-order valence-electron chi connectivity index (χ3n) is 5.59. The Labute approximate surface area is 185 Å². The molecule has 0 spiro atoms. The van der Waals surface area contributed by atoms with Gasteiger partial charge in [0, 0.05) is 26.2 Å². The Balaban J connectivity index is 1.51. The molecule has 31 heavy (non-hydrogen) atoms. The van der Waals surface area contributed by atoms with Crippen molar-refractivity contribution in [1.29, 1.82) is 0 Å². The number of carbonyl (C=O) groups is 1. The van der Waals surface area contributed by atoms with E-state index in [1.807, 2.05) is 4.90 Å². The molecule has 0 saturated carbocycles. The second-order valence-electron chi connectivity index (χ2n) is 7.44. The van der Waals surface area contributed by atoms with E-state index in [1.54, 1.807) is 23.1 Å². The van der Waals surface area contributed by atoms with Crippen LogP contribution >= 0.6 is 11.6 Å². The van der Waals surface area contributed by atoms with E-state index < -0.39 is 20.9 Å². The highest BCUT2D eigenvalue weighted by molar-refractivity contribution is 7.92. The minimum absolute atomic E-state index is 0.0759. The van der Waals surface area contributed by atoms with Gasteiger partial charge in [-0.05, 0) is 36.4 Å². The first-order chi connectivity index (χ1) is 14.8. The Morgan fingerprint density at radius 2 is 1.84 bits per heavy atom. The first-order valence-electron chi connectivity index (χ1n) is 9.80. The van der Waals surface area contributed by atoms with E-state index in [1.165, 1.54) is 19.2 Å². The maximum Gasteiger partial charge on any atom is 0.255 e. The van der Waals surface area contributed by atoms with Gasteiger partial charge in [-0.15, -0.1) is 0 Å². The summed E-state index contributed by atoms with van der Waals surface area (Å²) < 4.78 is 49.3. The molecule has 10 heteroatoms. The number of anilines is 1. The number of nitrogens with zero attached hydrogens (tertiary/aromatic N) is 2. The minimum atomic E-state index is -3.47. The molecule has 0 bridgehead atoms. The molecule has 2 heterocycles. The standard InChI is InChI=1S/C21H22ClFN2O5S/c1-29-20-5-3-15(31(27,28)16-12-30-13-16)11-19(20)24-6-8-25(9-7-24)21(26)17-4-2-14(23)10-18(17)22/h2-5,10-11,16H,6-9,12-13H2,1H3. The highest BCUT2D eigenvalue weighted by Crippen LogP contribution is 2.34. The molecule has 2 saturated heterocycles. The second kappa shape index (κ2) is 8.64. The average Bonchev–Trinajstić information content (AvgIpc) is 2.71. The van der Waals surface area contributed by atoms with Crippen LogP contribution in [0, 0.1) is 5.82 Å². The van der Waals surface area contributed by atoms with Gasteiger partial charge >= 0.3 is 0 Å². The van der Waals surface area contributed by atoms with Crippen molar-refractivity contribution in [2.24, 2.45) is 0 Å². The molecule has 2 aliphatic rings. The highest BCUT2D eigenvalue weighted by atomic mass is 35.5. The summed E-state index contributed by atoms with van der Waals surface area (Å²) in [6.45, 7) is 2.19. The average molecular weight is 469 g/mol. The maximum absolute atomic E-state index is 13.3. The van der Waals surface area contributed by atoms with Crippen LogP contribution < -0.4 is 9.64 Å². The Kier molecular flexibility index (Phi) is 6.09. The number of rotatable bonds is 5. The summed E-state index contributed by atoms with van der Waals surface area (Å²) in [6.07, 6.45) is 0. The van der Waals surface area contributed by atoms with Crippen molar-refractivity contribution < 1.29 is 27.1 Å². The van der Waals surface area contributed by atoms with Gasteiger partial charge in [0.05, 0.1) is 41.5 Å². The molecule has 2 aromatic carbocycles. The van der Waals surface area contributed by atoms with Crippen LogP contribution in [0.25, 0.3) is 0 Å². The molecule has 0 aromatic heterocycles. The Bertz CT molecular complexity index is 1100. The van der Waals surface area contributed by atoms with E-state index >= 15 is 0 Å². The van der Waals surface area contributed by atoms with Crippen molar-refractivity contribution in [2.45, 2.75) is 10.1 Å². The molecule has 0 radical (unpaired) electrons. The molecule has 7 nitrogen and oxygen atoms in total. The summed E-state index contributed by atoms with van der Waals surface area (Å²) in [6, 6.07) is 8.53. The largest absolute Gasteiger partial charge is 0.495 e. The topological polar surface area (TPSA) is 76.2 Å². The maximum atomic E-state index is 13.3. The third-order valence-corrected chi connectivity index (χ3v) is 7.97. The van der Waals surface area contributed by atoms with Crippen LogP contribution in [0.1, 0.15) is 10.4 Å². The lowest BCUT2D eigenvalue weighted by atomic mass is 10.1. The van der Waals surface area contributed by atoms with E-state index in [0.717, 1.165) is 6.07 Å². The first kappa shape index (κ1) is 21.9. The molecule has 0 N–H and O–H groups in total. The minimum Gasteiger partial charge on any atom is -0.495 e. The van der Waals surface area contributed by atoms with Crippen LogP contribution in [0.3, 0.4) is 0 Å². The number of piperazine rings is 1. The van der Waals surface area contributed by atoms with Crippen molar-refractivity contribution >= 4 is 33.0 Å². The number of amides is 1. The van der Waals surface area contributed by atoms with Gasteiger partial charge in [-0.2, -0.15) is 0 Å². The van der Waals surface area contributed by atoms with Gasteiger partial charge in [0.2, 0.25) is 0 Å². The fourth-order valence-electron chi connectivity index (χ4n) is 3.66. The molecule has 2 aromatic rings. The summed E-state index contributed by atoms with van der Waals surface area (Å²) in [4.78, 5) is 16.7. The molecule has 166 valence electrons. The zero-order valence-electron chi connectivity index (χ0n) is 16.9. The number of halogens is 2. The van der Waals surface area contributed by atoms with Gasteiger partial charge in [0.15, 0.2) is 9.84 Å². The molecule has 0 aliphatic carbocycles. The van der Waals surface area contributed by atoms with Crippen molar-refractivity contribution in [2.75, 3.05) is 51.4 Å². The molecule has 2 aliphatic heterocycles. The third kappa shape index (κ3) is 4.22. The zero-order valence-corrected chi connectivity index (χ0v) is 18.5. The van der Waals surface area contributed by atoms with Crippen LogP contribution in [-0.4, -0.2) is 71.0 Å². The molecule has 2 fully saturated rings. The van der Waals surface area contributed by atoms with Crippen LogP contribution in [0.5, 0.6) is 5.75 Å². The van der Waals surface area contributed by atoms with E-state index in [9.17, 15) is 17.6 Å². The lowest BCUT2D eigenvalue weighted by Crippen LogP contribution is -2.49. The summed E-state index contributed by atoms with van der Waals surface area (Å²) >= 11 is 6.03. The van der Waals surface area contributed by atoms with Crippen molar-refractivity contribution in [3.8, 4) is 5.75 Å². The number of carbonyl (C=O) groups excluding carboxylic acids is 1. The highest BCUT2D eigenvalue weighted by Gasteiger charge is 2.35. The predicted molar refractivity (Wildman–Crippen MR) is 114 cm³/mol. The number of ether oxygens (including phenoxy) is 2. The van der Waals surface area contributed by atoms with Gasteiger partial charge in [-0.1, -0.05) is 11.6 Å². The van der Waals surface area contributed by atoms with Crippen LogP contribution in [0.4, 0.5) is 10.1 Å². The van der Waals surface area contributed by atoms with Gasteiger partial charge in [-0.3, -0.25) is 4.79 Å². The lowest BCUT2D eigenvalue weighted by Gasteiger charge is -2.37. The van der Waals surface area contributed by atoms with E-state index in [-0.39, 0.29) is 34.6 Å². The number of hydrogen-bond donors (Lipinski definition) is 0. The normalized spacial score (nSPS) is 17.4. The van der Waals surface area contributed by atoms with Gasteiger partial charge < -0.3 is 19.3 Å². The Hall–Kier alpha value is -2.36. The zero-order chi connectivity index (χ0) is 22.2. The fraction of sp³-hybridized carbons (Fsp3) is 0.381. The van der Waals surface area contributed by atoms with E-state index in [2.05, 4.69) is 0 Å². The molecule has 0 atom stereocenters. The Morgan fingerprint density at radius 1 is 1.13 bits per heavy atom. The summed E-state index contributed by atoms with van der Waals surface area (Å²) in [5, 5.41) is -0.448. The molecular weight excluding hydrogens is 447 g/mol. The SMILES string of the molecule is COc1ccc(S(=O)(=O)C2COC2)cc1N1CCN(C(=O)c2ccc(F)cc2Cl)CC1. The number of benzene rings is 2. The quantitative estimate of drug-likeness (QED) is 0.671. The molecule has 1 amide bonds. The lowest BCUT2D eigenvalue weighted by molar-refractivity contribution is 0.0416. The number of hydrogen-bond acceptors (Lipinski definition) is 6. The molecular formula is C21H22ClFN2O5S. The van der Waals surface area contributed by atoms with Crippen LogP contribution in [0.15, 0.2) is 41.3 Å². The van der Waals surface area contributed by atoms with Crippen molar-refractivity contribution in [3.05, 3.63) is 52.8 Å². The van der Waals surface area contributed by atoms with E-state index in [4.69, 9.17) is 21.1 Å². The van der Waals surface area contributed by atoms with Crippen molar-refractivity contribution in [1.82, 2.24) is 4.90 Å². The summed E-state index contributed by atoms with van der Waals surface area (Å²) in [5.74, 6) is -0.204. The monoisotopic (exact) mass is 468 g/mol. The Morgan fingerprint density at radius 3 is 2.42 bits per heavy atom. The van der Waals surface area contributed by atoms with Gasteiger partial charge in [0.25, 0.3) is 5.91 Å². The van der Waals surface area contributed by atoms with Crippen LogP contribution in [0.2, 0.25) is 5.02 Å². The summed E-state index contributed by atoms with van der Waals surface area (Å²) in [7, 11) is -1.94. The second-order valence-corrected chi connectivity index (χ2v) is 10.1. The van der Waals surface area contributed by atoms with E-state index in [0.29, 0.717) is 37.6 Å². The number of sulfone groups is 1. The smallest absolute Gasteiger partial charge is 0.255 e. The molecule has 4 rings (SSSR count). The first-order valence-corrected chi connectivity index (χ1v) is 11.7. The summed E-state index contributed by atoms with van der Waals surface area (Å²) in [5.41, 5.74) is 0.917. The van der Waals surface area contributed by atoms with Gasteiger partial charge in [-0.25, -0.2) is 12.8 Å². The van der Waals surface area contributed by atoms with Crippen LogP contribution in [-0.2, 0) is 14.6 Å². The van der Waals surface area contributed by atoms with Gasteiger partial charge in [0.1, 0.15) is 16.8 Å².